The van der Waals surface area contributed by atoms with Crippen molar-refractivity contribution in [2.75, 3.05) is 13.6 Å². The van der Waals surface area contributed by atoms with Crippen molar-refractivity contribution in [3.8, 4) is 17.2 Å². The van der Waals surface area contributed by atoms with E-state index in [1.165, 1.54) is 0 Å². The van der Waals surface area contributed by atoms with E-state index in [4.69, 9.17) is 0 Å². The lowest BCUT2D eigenvalue weighted by Crippen LogP contribution is -2.52. The minimum absolute atomic E-state index is 0.0464. The van der Waals surface area contributed by atoms with Gasteiger partial charge in [-0.1, -0.05) is 48.5 Å². The summed E-state index contributed by atoms with van der Waals surface area (Å²) in [6, 6.07) is 17.4. The van der Waals surface area contributed by atoms with E-state index < -0.39 is 5.41 Å². The van der Waals surface area contributed by atoms with Crippen molar-refractivity contribution in [1.29, 1.82) is 5.26 Å². The molecule has 3 fully saturated rings. The molecule has 5 heteroatoms. The third-order valence-corrected chi connectivity index (χ3v) is 7.82. The summed E-state index contributed by atoms with van der Waals surface area (Å²) in [6.07, 6.45) is 4.80. The van der Waals surface area contributed by atoms with Crippen molar-refractivity contribution in [1.82, 2.24) is 10.2 Å². The quantitative estimate of drug-likeness (QED) is 0.789. The molecular formula is C26H28FN3O. The van der Waals surface area contributed by atoms with Crippen LogP contribution in [-0.4, -0.2) is 36.5 Å². The molecule has 0 bridgehead atoms. The number of carbonyl (C=O) groups is 1. The molecule has 2 aliphatic carbocycles. The summed E-state index contributed by atoms with van der Waals surface area (Å²) < 4.78 is 15.6. The zero-order valence-corrected chi connectivity index (χ0v) is 17.9. The van der Waals surface area contributed by atoms with E-state index in [9.17, 15) is 10.1 Å². The zero-order valence-electron chi connectivity index (χ0n) is 17.9. The maximum atomic E-state index is 15.6. The van der Waals surface area contributed by atoms with Crippen LogP contribution in [0.15, 0.2) is 48.5 Å². The highest BCUT2D eigenvalue weighted by atomic mass is 19.1. The predicted molar refractivity (Wildman–Crippen MR) is 117 cm³/mol. The van der Waals surface area contributed by atoms with Gasteiger partial charge in [0.25, 0.3) is 0 Å². The van der Waals surface area contributed by atoms with Crippen LogP contribution < -0.4 is 5.32 Å². The first-order chi connectivity index (χ1) is 15.0. The van der Waals surface area contributed by atoms with Crippen molar-refractivity contribution in [3.05, 3.63) is 59.9 Å². The Morgan fingerprint density at radius 1 is 1.16 bits per heavy atom. The van der Waals surface area contributed by atoms with Gasteiger partial charge in [0.15, 0.2) is 0 Å². The Bertz CT molecular complexity index is 1040. The number of carbonyl (C=O) groups excluding carboxylic acids is 1. The van der Waals surface area contributed by atoms with Gasteiger partial charge in [-0.3, -0.25) is 4.79 Å². The lowest BCUT2D eigenvalue weighted by Gasteiger charge is -2.39. The molecular weight excluding hydrogens is 389 g/mol. The van der Waals surface area contributed by atoms with E-state index in [1.807, 2.05) is 60.5 Å². The molecule has 5 rings (SSSR count). The first kappa shape index (κ1) is 20.2. The first-order valence-electron chi connectivity index (χ1n) is 11.3. The third kappa shape index (κ3) is 3.16. The zero-order chi connectivity index (χ0) is 21.6. The number of rotatable bonds is 5. The van der Waals surface area contributed by atoms with E-state index in [0.29, 0.717) is 36.9 Å². The number of benzene rings is 2. The monoisotopic (exact) mass is 417 g/mol. The molecule has 0 unspecified atom stereocenters. The number of hydrogen-bond acceptors (Lipinski definition) is 3. The molecule has 4 nitrogen and oxygen atoms in total. The summed E-state index contributed by atoms with van der Waals surface area (Å²) in [5, 5.41) is 13.2. The van der Waals surface area contributed by atoms with E-state index in [1.54, 1.807) is 0 Å². The fourth-order valence-corrected chi connectivity index (χ4v) is 5.70. The fraction of sp³-hybridized carbons (Fsp3) is 0.462. The van der Waals surface area contributed by atoms with Crippen molar-refractivity contribution in [2.45, 2.75) is 50.6 Å². The second-order valence-corrected chi connectivity index (χ2v) is 9.53. The number of likely N-dealkylation sites (tertiary alicyclic amines) is 1. The normalized spacial score (nSPS) is 25.1. The molecule has 2 aromatic carbocycles. The van der Waals surface area contributed by atoms with Crippen molar-refractivity contribution in [3.63, 3.8) is 0 Å². The number of nitrogens with zero attached hydrogens (tertiary/aromatic N) is 2. The van der Waals surface area contributed by atoms with Gasteiger partial charge in [0.1, 0.15) is 11.2 Å². The summed E-state index contributed by atoms with van der Waals surface area (Å²) in [5.74, 6) is -0.263. The van der Waals surface area contributed by atoms with Crippen LogP contribution in [-0.2, 0) is 11.2 Å². The number of halogens is 1. The van der Waals surface area contributed by atoms with Gasteiger partial charge in [0, 0.05) is 23.6 Å². The van der Waals surface area contributed by atoms with Gasteiger partial charge in [0.05, 0.1) is 12.1 Å². The van der Waals surface area contributed by atoms with E-state index in [2.05, 4.69) is 11.4 Å². The molecule has 0 radical (unpaired) electrons. The van der Waals surface area contributed by atoms with E-state index in [0.717, 1.165) is 24.8 Å². The summed E-state index contributed by atoms with van der Waals surface area (Å²) in [4.78, 5) is 15.4. The Balaban J connectivity index is 1.49. The third-order valence-electron chi connectivity index (χ3n) is 7.82. The van der Waals surface area contributed by atoms with Gasteiger partial charge in [-0.05, 0) is 56.7 Å². The highest BCUT2D eigenvalue weighted by Gasteiger charge is 2.62. The molecule has 1 heterocycles. The molecule has 1 saturated heterocycles. The van der Waals surface area contributed by atoms with Gasteiger partial charge in [-0.15, -0.1) is 0 Å². The maximum absolute atomic E-state index is 15.6. The Kier molecular flexibility index (Phi) is 4.86. The van der Waals surface area contributed by atoms with Crippen molar-refractivity contribution in [2.24, 2.45) is 10.8 Å². The average molecular weight is 418 g/mol. The summed E-state index contributed by atoms with van der Waals surface area (Å²) in [6.45, 7) is 0.672. The van der Waals surface area contributed by atoms with Gasteiger partial charge in [0.2, 0.25) is 5.91 Å². The summed E-state index contributed by atoms with van der Waals surface area (Å²) in [7, 11) is 1.94. The van der Waals surface area contributed by atoms with Crippen LogP contribution in [0.2, 0.25) is 0 Å². The number of likely N-dealkylation sites (N-methyl/N-ethyl adjacent to an activating group) is 1. The van der Waals surface area contributed by atoms with Gasteiger partial charge >= 0.3 is 0 Å². The molecule has 160 valence electrons. The molecule has 1 amide bonds. The van der Waals surface area contributed by atoms with Crippen LogP contribution >= 0.6 is 0 Å². The second-order valence-electron chi connectivity index (χ2n) is 9.53. The molecule has 1 spiro atoms. The average Bonchev–Trinajstić information content (AvgIpc) is 3.46. The molecule has 1 aliphatic heterocycles. The largest absolute Gasteiger partial charge is 0.336 e. The molecule has 31 heavy (non-hydrogen) atoms. The SMILES string of the molecule is CN[C@@H]1[C@H](Cc2cccc(-c3ccccc3)c2F)N(C(=O)C2(C#N)CCC2)CC12CC2. The second kappa shape index (κ2) is 7.46. The summed E-state index contributed by atoms with van der Waals surface area (Å²) >= 11 is 0. The topological polar surface area (TPSA) is 56.1 Å². The van der Waals surface area contributed by atoms with Crippen molar-refractivity contribution >= 4 is 5.91 Å². The van der Waals surface area contributed by atoms with Crippen LogP contribution in [0, 0.1) is 28.0 Å². The molecule has 1 N–H and O–H groups in total. The highest BCUT2D eigenvalue weighted by molar-refractivity contribution is 5.87. The lowest BCUT2D eigenvalue weighted by molar-refractivity contribution is -0.144. The van der Waals surface area contributed by atoms with Crippen LogP contribution in [0.25, 0.3) is 11.1 Å². The number of nitrogens with one attached hydrogen (secondary N) is 1. The minimum atomic E-state index is -0.874. The maximum Gasteiger partial charge on any atom is 0.243 e. The Morgan fingerprint density at radius 3 is 2.48 bits per heavy atom. The van der Waals surface area contributed by atoms with E-state index >= 15 is 4.39 Å². The van der Waals surface area contributed by atoms with E-state index in [-0.39, 0.29) is 29.2 Å². The predicted octanol–water partition coefficient (Wildman–Crippen LogP) is 4.31. The molecule has 3 aliphatic rings. The lowest BCUT2D eigenvalue weighted by atomic mass is 9.69. The van der Waals surface area contributed by atoms with Crippen LogP contribution in [0.5, 0.6) is 0 Å². The Morgan fingerprint density at radius 2 is 1.90 bits per heavy atom. The fourth-order valence-electron chi connectivity index (χ4n) is 5.70. The molecule has 0 aromatic heterocycles. The molecule has 2 aromatic rings. The molecule has 2 saturated carbocycles. The smallest absolute Gasteiger partial charge is 0.243 e. The number of hydrogen-bond donors (Lipinski definition) is 1. The van der Waals surface area contributed by atoms with Crippen molar-refractivity contribution < 1.29 is 9.18 Å². The minimum Gasteiger partial charge on any atom is -0.336 e. The van der Waals surface area contributed by atoms with Gasteiger partial charge in [-0.2, -0.15) is 5.26 Å². The Labute approximate surface area is 183 Å². The van der Waals surface area contributed by atoms with Crippen LogP contribution in [0.3, 0.4) is 0 Å². The Hall–Kier alpha value is -2.71. The van der Waals surface area contributed by atoms with Crippen LogP contribution in [0.4, 0.5) is 4.39 Å². The van der Waals surface area contributed by atoms with Gasteiger partial charge < -0.3 is 10.2 Å². The standard InChI is InChI=1S/C26H28FN3O/c1-29-23-21(15-19-9-5-10-20(22(19)27)18-7-3-2-4-8-18)30(17-26(23)13-14-26)24(31)25(16-28)11-6-12-25/h2-5,7-10,21,23,29H,6,11-15,17H2,1H3/t21-,23+/m0/s1. The number of nitriles is 1. The first-order valence-corrected chi connectivity index (χ1v) is 11.3. The highest BCUT2D eigenvalue weighted by Crippen LogP contribution is 2.56. The van der Waals surface area contributed by atoms with Gasteiger partial charge in [-0.25, -0.2) is 4.39 Å². The molecule has 2 atom stereocenters. The number of amides is 1. The van der Waals surface area contributed by atoms with Crippen LogP contribution in [0.1, 0.15) is 37.7 Å². The summed E-state index contributed by atoms with van der Waals surface area (Å²) in [5.41, 5.74) is 1.26.